The lowest BCUT2D eigenvalue weighted by Gasteiger charge is -2.36. The molecule has 0 radical (unpaired) electrons. The van der Waals surface area contributed by atoms with E-state index in [-0.39, 0.29) is 5.75 Å². The largest absolute Gasteiger partial charge is 0.506 e. The fraction of sp³-hybridized carbons (Fsp3) is 0.333. The molecule has 8 nitrogen and oxygen atoms in total. The first-order valence-electron chi connectivity index (χ1n) is 9.78. The molecule has 29 heavy (non-hydrogen) atoms. The monoisotopic (exact) mass is 391 g/mol. The molecule has 0 bridgehead atoms. The normalized spacial score (nSPS) is 17.3. The molecule has 150 valence electrons. The van der Waals surface area contributed by atoms with Crippen LogP contribution >= 0.6 is 0 Å². The Morgan fingerprint density at radius 3 is 2.72 bits per heavy atom. The summed E-state index contributed by atoms with van der Waals surface area (Å²) in [5.41, 5.74) is 2.71. The van der Waals surface area contributed by atoms with Crippen LogP contribution in [0.2, 0.25) is 0 Å². The van der Waals surface area contributed by atoms with Crippen molar-refractivity contribution in [3.8, 4) is 17.1 Å². The number of aromatic nitrogens is 5. The quantitative estimate of drug-likeness (QED) is 0.614. The fourth-order valence-electron chi connectivity index (χ4n) is 3.35. The summed E-state index contributed by atoms with van der Waals surface area (Å²) in [5.74, 6) is 1.48. The van der Waals surface area contributed by atoms with Crippen LogP contribution in [0.1, 0.15) is 25.0 Å². The minimum Gasteiger partial charge on any atom is -0.506 e. The lowest BCUT2D eigenvalue weighted by Crippen LogP contribution is -2.53. The van der Waals surface area contributed by atoms with Gasteiger partial charge in [0.1, 0.15) is 17.1 Å². The van der Waals surface area contributed by atoms with Gasteiger partial charge in [-0.25, -0.2) is 4.98 Å². The number of pyridine rings is 1. The molecule has 8 heteroatoms. The molecule has 0 aromatic carbocycles. The van der Waals surface area contributed by atoms with Crippen LogP contribution in [-0.2, 0) is 0 Å². The Morgan fingerprint density at radius 1 is 1.17 bits per heavy atom. The van der Waals surface area contributed by atoms with Gasteiger partial charge in [0, 0.05) is 43.6 Å². The highest BCUT2D eigenvalue weighted by Crippen LogP contribution is 2.27. The van der Waals surface area contributed by atoms with Crippen LogP contribution < -0.4 is 10.2 Å². The van der Waals surface area contributed by atoms with Crippen molar-refractivity contribution in [1.29, 1.82) is 0 Å². The van der Waals surface area contributed by atoms with Crippen LogP contribution in [0.5, 0.6) is 5.75 Å². The van der Waals surface area contributed by atoms with Gasteiger partial charge in [-0.3, -0.25) is 5.10 Å². The van der Waals surface area contributed by atoms with E-state index in [2.05, 4.69) is 49.4 Å². The standard InChI is InChI=1S/C21H25N7O/c1-14(2)18-13-28(8-7-22-18)20-6-5-17(26-27-20)21-19(29)9-15(10-23-21)3-4-16-11-24-25-12-16/h3-6,9-12,14,18,22,29H,7-8,13H2,1-2H3,(H,24,25)/b4-3+. The van der Waals surface area contributed by atoms with Crippen molar-refractivity contribution in [2.75, 3.05) is 24.5 Å². The van der Waals surface area contributed by atoms with Crippen molar-refractivity contribution in [2.24, 2.45) is 5.92 Å². The number of anilines is 1. The zero-order chi connectivity index (χ0) is 20.2. The summed E-state index contributed by atoms with van der Waals surface area (Å²) in [4.78, 5) is 6.62. The number of aromatic hydroxyl groups is 1. The predicted octanol–water partition coefficient (Wildman–Crippen LogP) is 2.57. The lowest BCUT2D eigenvalue weighted by molar-refractivity contribution is 0.367. The maximum atomic E-state index is 10.4. The van der Waals surface area contributed by atoms with Gasteiger partial charge in [0.25, 0.3) is 0 Å². The lowest BCUT2D eigenvalue weighted by atomic mass is 10.0. The summed E-state index contributed by atoms with van der Waals surface area (Å²) in [6.45, 7) is 7.19. The third-order valence-corrected chi connectivity index (χ3v) is 5.10. The predicted molar refractivity (Wildman–Crippen MR) is 113 cm³/mol. The Kier molecular flexibility index (Phi) is 5.53. The molecule has 0 spiro atoms. The first-order chi connectivity index (χ1) is 14.1. The summed E-state index contributed by atoms with van der Waals surface area (Å²) >= 11 is 0. The van der Waals surface area contributed by atoms with Crippen LogP contribution in [0.4, 0.5) is 5.82 Å². The maximum absolute atomic E-state index is 10.4. The number of aromatic amines is 1. The van der Waals surface area contributed by atoms with Crippen LogP contribution in [-0.4, -0.2) is 56.2 Å². The Bertz CT molecular complexity index is 967. The van der Waals surface area contributed by atoms with Gasteiger partial charge in [-0.05, 0) is 29.7 Å². The Balaban J connectivity index is 1.48. The minimum atomic E-state index is 0.0726. The molecular weight excluding hydrogens is 366 g/mol. The maximum Gasteiger partial charge on any atom is 0.151 e. The molecule has 1 saturated heterocycles. The van der Waals surface area contributed by atoms with Gasteiger partial charge in [0.05, 0.1) is 6.20 Å². The van der Waals surface area contributed by atoms with E-state index in [0.29, 0.717) is 23.3 Å². The number of hydrogen-bond acceptors (Lipinski definition) is 7. The van der Waals surface area contributed by atoms with Crippen molar-refractivity contribution in [2.45, 2.75) is 19.9 Å². The SMILES string of the molecule is CC(C)C1CN(c2ccc(-c3ncc(/C=C/c4cn[nH]c4)cc3O)nn2)CCN1. The number of hydrogen-bond donors (Lipinski definition) is 3. The van der Waals surface area contributed by atoms with E-state index in [0.717, 1.165) is 36.6 Å². The zero-order valence-electron chi connectivity index (χ0n) is 16.6. The molecule has 0 aliphatic carbocycles. The Labute approximate surface area is 169 Å². The van der Waals surface area contributed by atoms with Crippen LogP contribution in [0.25, 0.3) is 23.5 Å². The molecule has 1 atom stereocenters. The molecule has 1 fully saturated rings. The van der Waals surface area contributed by atoms with Crippen LogP contribution in [0.3, 0.4) is 0 Å². The number of rotatable bonds is 5. The second kappa shape index (κ2) is 8.40. The van der Waals surface area contributed by atoms with E-state index < -0.39 is 0 Å². The molecule has 4 heterocycles. The van der Waals surface area contributed by atoms with Gasteiger partial charge in [-0.15, -0.1) is 10.2 Å². The van der Waals surface area contributed by atoms with Crippen molar-refractivity contribution in [3.63, 3.8) is 0 Å². The molecule has 1 unspecified atom stereocenters. The summed E-state index contributed by atoms with van der Waals surface area (Å²) in [6, 6.07) is 5.91. The first kappa shape index (κ1) is 19.1. The molecule has 0 amide bonds. The van der Waals surface area contributed by atoms with E-state index in [1.54, 1.807) is 24.7 Å². The van der Waals surface area contributed by atoms with E-state index in [9.17, 15) is 5.11 Å². The second-order valence-electron chi connectivity index (χ2n) is 7.53. The molecule has 1 aliphatic rings. The zero-order valence-corrected chi connectivity index (χ0v) is 16.6. The van der Waals surface area contributed by atoms with Crippen molar-refractivity contribution in [1.82, 2.24) is 30.7 Å². The average Bonchev–Trinajstić information content (AvgIpc) is 3.26. The first-order valence-corrected chi connectivity index (χ1v) is 9.78. The highest BCUT2D eigenvalue weighted by atomic mass is 16.3. The topological polar surface area (TPSA) is 103 Å². The van der Waals surface area contributed by atoms with E-state index in [1.807, 2.05) is 24.3 Å². The second-order valence-corrected chi connectivity index (χ2v) is 7.53. The summed E-state index contributed by atoms with van der Waals surface area (Å²) < 4.78 is 0. The van der Waals surface area contributed by atoms with Crippen LogP contribution in [0.15, 0.2) is 36.8 Å². The number of nitrogens with one attached hydrogen (secondary N) is 2. The molecule has 4 rings (SSSR count). The van der Waals surface area contributed by atoms with Crippen molar-refractivity contribution in [3.05, 3.63) is 47.9 Å². The van der Waals surface area contributed by atoms with Crippen molar-refractivity contribution >= 4 is 18.0 Å². The van der Waals surface area contributed by atoms with Gasteiger partial charge in [0.2, 0.25) is 0 Å². The Hall–Kier alpha value is -3.26. The minimum absolute atomic E-state index is 0.0726. The van der Waals surface area contributed by atoms with Gasteiger partial charge in [-0.2, -0.15) is 5.10 Å². The highest BCUT2D eigenvalue weighted by Gasteiger charge is 2.23. The van der Waals surface area contributed by atoms with E-state index in [4.69, 9.17) is 0 Å². The third kappa shape index (κ3) is 4.43. The van der Waals surface area contributed by atoms with E-state index >= 15 is 0 Å². The molecule has 3 aromatic heterocycles. The average molecular weight is 391 g/mol. The Morgan fingerprint density at radius 2 is 2.03 bits per heavy atom. The molecule has 3 N–H and O–H groups in total. The molecular formula is C21H25N7O. The number of nitrogens with zero attached hydrogens (tertiary/aromatic N) is 5. The smallest absolute Gasteiger partial charge is 0.151 e. The summed E-state index contributed by atoms with van der Waals surface area (Å²) in [6.07, 6.45) is 8.97. The molecule has 1 aliphatic heterocycles. The van der Waals surface area contributed by atoms with Gasteiger partial charge < -0.3 is 15.3 Å². The number of H-pyrrole nitrogens is 1. The summed E-state index contributed by atoms with van der Waals surface area (Å²) in [7, 11) is 0. The van der Waals surface area contributed by atoms with Gasteiger partial charge in [-0.1, -0.05) is 26.0 Å². The molecule has 0 saturated carbocycles. The highest BCUT2D eigenvalue weighted by molar-refractivity contribution is 5.71. The van der Waals surface area contributed by atoms with Crippen LogP contribution in [0, 0.1) is 5.92 Å². The number of piperazine rings is 1. The fourth-order valence-corrected chi connectivity index (χ4v) is 3.35. The van der Waals surface area contributed by atoms with Crippen molar-refractivity contribution < 1.29 is 5.11 Å². The summed E-state index contributed by atoms with van der Waals surface area (Å²) in [5, 5.41) is 29.3. The van der Waals surface area contributed by atoms with Gasteiger partial charge >= 0.3 is 0 Å². The molecule has 3 aromatic rings. The third-order valence-electron chi connectivity index (χ3n) is 5.10. The van der Waals surface area contributed by atoms with Gasteiger partial charge in [0.15, 0.2) is 5.82 Å². The van der Waals surface area contributed by atoms with E-state index in [1.165, 1.54) is 0 Å².